The largest absolute Gasteiger partial charge is 0.490 e. The van der Waals surface area contributed by atoms with Crippen molar-refractivity contribution in [1.82, 2.24) is 10.6 Å². The molecule has 0 atom stereocenters. The lowest BCUT2D eigenvalue weighted by Gasteiger charge is -2.29. The molecule has 34 heavy (non-hydrogen) atoms. The van der Waals surface area contributed by atoms with Gasteiger partial charge in [-0.2, -0.15) is 0 Å². The number of hydrogen-bond acceptors (Lipinski definition) is 3. The number of carbonyl (C=O) groups is 2. The Morgan fingerprint density at radius 3 is 2.21 bits per heavy atom. The van der Waals surface area contributed by atoms with Crippen LogP contribution in [-0.2, 0) is 6.54 Å². The van der Waals surface area contributed by atoms with Gasteiger partial charge < -0.3 is 20.7 Å². The molecule has 1 saturated carbocycles. The van der Waals surface area contributed by atoms with Crippen LogP contribution < -0.4 is 20.7 Å². The van der Waals surface area contributed by atoms with Crippen molar-refractivity contribution in [2.45, 2.75) is 51.3 Å². The Kier molecular flexibility index (Phi) is 7.81. The zero-order valence-corrected chi connectivity index (χ0v) is 19.4. The highest BCUT2D eigenvalue weighted by Crippen LogP contribution is 2.24. The van der Waals surface area contributed by atoms with E-state index in [4.69, 9.17) is 4.74 Å². The number of aryl methyl sites for hydroxylation is 1. The number of anilines is 1. The number of hydrogen-bond donors (Lipinski definition) is 3. The zero-order valence-electron chi connectivity index (χ0n) is 19.4. The molecule has 0 aromatic heterocycles. The van der Waals surface area contributed by atoms with E-state index in [0.29, 0.717) is 12.1 Å². The van der Waals surface area contributed by atoms with Gasteiger partial charge in [0.15, 0.2) is 0 Å². The maximum atomic E-state index is 12.4. The second-order valence-electron chi connectivity index (χ2n) is 8.75. The van der Waals surface area contributed by atoms with Gasteiger partial charge in [-0.3, -0.25) is 4.79 Å². The van der Waals surface area contributed by atoms with Crippen LogP contribution in [-0.4, -0.2) is 24.1 Å². The van der Waals surface area contributed by atoms with Crippen LogP contribution in [0.5, 0.6) is 5.75 Å². The van der Waals surface area contributed by atoms with Gasteiger partial charge in [-0.1, -0.05) is 48.0 Å². The number of rotatable bonds is 7. The van der Waals surface area contributed by atoms with Gasteiger partial charge in [-0.05, 0) is 74.6 Å². The average molecular weight is 458 g/mol. The van der Waals surface area contributed by atoms with Crippen molar-refractivity contribution in [3.63, 3.8) is 0 Å². The maximum Gasteiger partial charge on any atom is 0.319 e. The first kappa shape index (κ1) is 23.4. The predicted octanol–water partition coefficient (Wildman–Crippen LogP) is 5.44. The van der Waals surface area contributed by atoms with E-state index in [1.807, 2.05) is 73.7 Å². The maximum absolute atomic E-state index is 12.4. The first-order valence-electron chi connectivity index (χ1n) is 11.8. The van der Waals surface area contributed by atoms with E-state index in [9.17, 15) is 9.59 Å². The Labute approximate surface area is 200 Å². The van der Waals surface area contributed by atoms with Crippen molar-refractivity contribution in [1.29, 1.82) is 0 Å². The Morgan fingerprint density at radius 2 is 1.53 bits per heavy atom. The highest BCUT2D eigenvalue weighted by atomic mass is 16.5. The number of amides is 3. The quantitative estimate of drug-likeness (QED) is 0.442. The number of nitrogens with one attached hydrogen (secondary N) is 3. The second kappa shape index (κ2) is 11.4. The molecular weight excluding hydrogens is 426 g/mol. The molecule has 176 valence electrons. The third kappa shape index (κ3) is 6.85. The van der Waals surface area contributed by atoms with Crippen LogP contribution in [0.2, 0.25) is 0 Å². The van der Waals surface area contributed by atoms with Crippen molar-refractivity contribution in [2.75, 3.05) is 5.32 Å². The summed E-state index contributed by atoms with van der Waals surface area (Å²) in [4.78, 5) is 24.6. The van der Waals surface area contributed by atoms with Crippen molar-refractivity contribution in [3.8, 4) is 5.75 Å². The molecule has 0 bridgehead atoms. The van der Waals surface area contributed by atoms with Crippen LogP contribution in [0.1, 0.15) is 47.2 Å². The van der Waals surface area contributed by atoms with Crippen LogP contribution in [0.3, 0.4) is 0 Å². The van der Waals surface area contributed by atoms with Crippen molar-refractivity contribution in [2.24, 2.45) is 0 Å². The van der Waals surface area contributed by atoms with Crippen LogP contribution in [0.25, 0.3) is 0 Å². The van der Waals surface area contributed by atoms with Gasteiger partial charge in [0.25, 0.3) is 5.91 Å². The first-order chi connectivity index (χ1) is 16.5. The SMILES string of the molecule is Cc1ccc(NC(=O)N[C@H]2CC[C@H](Oc3ccc(C(=O)NCc4ccccc4)cc3)CC2)cc1. The number of benzene rings is 3. The lowest BCUT2D eigenvalue weighted by Crippen LogP contribution is -2.41. The van der Waals surface area contributed by atoms with Gasteiger partial charge in [0.05, 0.1) is 6.10 Å². The molecule has 0 saturated heterocycles. The van der Waals surface area contributed by atoms with E-state index in [1.54, 1.807) is 12.1 Å². The normalized spacial score (nSPS) is 17.4. The summed E-state index contributed by atoms with van der Waals surface area (Å²) in [5.74, 6) is 0.652. The van der Waals surface area contributed by atoms with Crippen molar-refractivity contribution < 1.29 is 14.3 Å². The Balaban J connectivity index is 1.18. The van der Waals surface area contributed by atoms with E-state index < -0.39 is 0 Å². The topological polar surface area (TPSA) is 79.5 Å². The standard InChI is InChI=1S/C28H31N3O3/c1-20-7-11-23(12-8-20)30-28(33)31-24-13-17-26(18-14-24)34-25-15-9-22(10-16-25)27(32)29-19-21-5-3-2-4-6-21/h2-12,15-16,24,26H,13-14,17-19H2,1H3,(H,29,32)(H2,30,31,33)/t24-,26-. The lowest BCUT2D eigenvalue weighted by atomic mass is 9.93. The number of ether oxygens (including phenoxy) is 1. The van der Waals surface area contributed by atoms with Crippen molar-refractivity contribution >= 4 is 17.6 Å². The van der Waals surface area contributed by atoms with Gasteiger partial charge in [0.2, 0.25) is 0 Å². The molecule has 3 aromatic rings. The summed E-state index contributed by atoms with van der Waals surface area (Å²) in [6.45, 7) is 2.51. The van der Waals surface area contributed by atoms with Gasteiger partial charge in [0.1, 0.15) is 5.75 Å². The first-order valence-corrected chi connectivity index (χ1v) is 11.8. The smallest absolute Gasteiger partial charge is 0.319 e. The molecule has 3 aromatic carbocycles. The molecule has 0 spiro atoms. The molecule has 6 nitrogen and oxygen atoms in total. The molecule has 1 fully saturated rings. The highest BCUT2D eigenvalue weighted by molar-refractivity contribution is 5.94. The predicted molar refractivity (Wildman–Crippen MR) is 134 cm³/mol. The lowest BCUT2D eigenvalue weighted by molar-refractivity contribution is 0.0950. The Morgan fingerprint density at radius 1 is 0.853 bits per heavy atom. The molecule has 0 radical (unpaired) electrons. The third-order valence-corrected chi connectivity index (χ3v) is 6.03. The minimum Gasteiger partial charge on any atom is -0.490 e. The minimum absolute atomic E-state index is 0.106. The van der Waals surface area contributed by atoms with Gasteiger partial charge in [-0.25, -0.2) is 4.79 Å². The second-order valence-corrected chi connectivity index (χ2v) is 8.75. The third-order valence-electron chi connectivity index (χ3n) is 6.03. The average Bonchev–Trinajstić information content (AvgIpc) is 2.86. The zero-order chi connectivity index (χ0) is 23.8. The van der Waals surface area contributed by atoms with E-state index in [1.165, 1.54) is 0 Å². The molecular formula is C28H31N3O3. The highest BCUT2D eigenvalue weighted by Gasteiger charge is 2.23. The summed E-state index contributed by atoms with van der Waals surface area (Å²) < 4.78 is 6.12. The minimum atomic E-state index is -0.172. The summed E-state index contributed by atoms with van der Waals surface area (Å²) in [6, 6.07) is 24.8. The molecule has 6 heteroatoms. The fourth-order valence-electron chi connectivity index (χ4n) is 4.07. The number of urea groups is 1. The Bertz CT molecular complexity index is 1070. The van der Waals surface area contributed by atoms with Crippen LogP contribution in [0.4, 0.5) is 10.5 Å². The number of carbonyl (C=O) groups excluding carboxylic acids is 2. The summed E-state index contributed by atoms with van der Waals surface area (Å²) in [6.07, 6.45) is 3.58. The molecule has 1 aliphatic carbocycles. The van der Waals surface area contributed by atoms with Gasteiger partial charge in [-0.15, -0.1) is 0 Å². The summed E-state index contributed by atoms with van der Waals surface area (Å²) in [5.41, 5.74) is 3.62. The van der Waals surface area contributed by atoms with Crippen LogP contribution >= 0.6 is 0 Å². The molecule has 3 N–H and O–H groups in total. The molecule has 1 aliphatic rings. The van der Waals surface area contributed by atoms with Crippen LogP contribution in [0.15, 0.2) is 78.9 Å². The Hall–Kier alpha value is -3.80. The molecule has 0 heterocycles. The fourth-order valence-corrected chi connectivity index (χ4v) is 4.07. The summed E-state index contributed by atoms with van der Waals surface area (Å²) in [7, 11) is 0. The van der Waals surface area contributed by atoms with E-state index in [2.05, 4.69) is 16.0 Å². The molecule has 0 unspecified atom stereocenters. The van der Waals surface area contributed by atoms with Crippen molar-refractivity contribution in [3.05, 3.63) is 95.6 Å². The van der Waals surface area contributed by atoms with Crippen LogP contribution in [0, 0.1) is 6.92 Å². The van der Waals surface area contributed by atoms with E-state index >= 15 is 0 Å². The molecule has 4 rings (SSSR count). The van der Waals surface area contributed by atoms with Gasteiger partial charge in [0, 0.05) is 23.8 Å². The monoisotopic (exact) mass is 457 g/mol. The summed E-state index contributed by atoms with van der Waals surface area (Å²) >= 11 is 0. The fraction of sp³-hybridized carbons (Fsp3) is 0.286. The summed E-state index contributed by atoms with van der Waals surface area (Å²) in [5, 5.41) is 8.88. The van der Waals surface area contributed by atoms with E-state index in [-0.39, 0.29) is 24.1 Å². The molecule has 0 aliphatic heterocycles. The molecule has 3 amide bonds. The van der Waals surface area contributed by atoms with E-state index in [0.717, 1.165) is 48.2 Å². The van der Waals surface area contributed by atoms with Gasteiger partial charge >= 0.3 is 6.03 Å².